The van der Waals surface area contributed by atoms with Gasteiger partial charge in [0, 0.05) is 6.54 Å². The van der Waals surface area contributed by atoms with Crippen LogP contribution in [-0.2, 0) is 4.79 Å². The lowest BCUT2D eigenvalue weighted by Gasteiger charge is -2.30. The van der Waals surface area contributed by atoms with Crippen LogP contribution < -0.4 is 5.32 Å². The van der Waals surface area contributed by atoms with Crippen LogP contribution in [-0.4, -0.2) is 51.8 Å². The Morgan fingerprint density at radius 3 is 2.28 bits per heavy atom. The first-order valence-electron chi connectivity index (χ1n) is 6.03. The Morgan fingerprint density at radius 1 is 1.39 bits per heavy atom. The minimum absolute atomic E-state index is 0.231. The molecule has 104 valence electrons. The summed E-state index contributed by atoms with van der Waals surface area (Å²) in [5.41, 5.74) is -1.44. The van der Waals surface area contributed by atoms with Gasteiger partial charge < -0.3 is 20.4 Å². The maximum atomic E-state index is 11.9. The summed E-state index contributed by atoms with van der Waals surface area (Å²) < 4.78 is 0. The highest BCUT2D eigenvalue weighted by Crippen LogP contribution is 2.22. The minimum Gasteiger partial charge on any atom is -0.480 e. The molecule has 1 rings (SSSR count). The normalized spacial score (nSPS) is 25.9. The van der Waals surface area contributed by atoms with E-state index in [-0.39, 0.29) is 6.54 Å². The fourth-order valence-electron chi connectivity index (χ4n) is 1.98. The average molecular weight is 258 g/mol. The highest BCUT2D eigenvalue weighted by Gasteiger charge is 2.38. The number of carboxylic acids is 1. The molecule has 6 heteroatoms. The highest BCUT2D eigenvalue weighted by atomic mass is 16.4. The van der Waals surface area contributed by atoms with Crippen molar-refractivity contribution in [3.63, 3.8) is 0 Å². The first-order chi connectivity index (χ1) is 8.03. The lowest BCUT2D eigenvalue weighted by Crippen LogP contribution is -2.53. The van der Waals surface area contributed by atoms with Crippen molar-refractivity contribution in [3.8, 4) is 0 Å². The van der Waals surface area contributed by atoms with Crippen LogP contribution in [0.25, 0.3) is 0 Å². The SMILES string of the molecule is CC1(O)CCN(C(=O)N[C@H](C(=O)O)C(C)(C)C)C1. The van der Waals surface area contributed by atoms with E-state index in [1.54, 1.807) is 27.7 Å². The molecule has 0 aromatic carbocycles. The van der Waals surface area contributed by atoms with E-state index in [1.165, 1.54) is 4.90 Å². The van der Waals surface area contributed by atoms with Gasteiger partial charge in [-0.25, -0.2) is 9.59 Å². The first-order valence-corrected chi connectivity index (χ1v) is 6.03. The predicted octanol–water partition coefficient (Wildman–Crippen LogP) is 0.652. The number of hydrogen-bond acceptors (Lipinski definition) is 3. The molecule has 1 unspecified atom stereocenters. The Kier molecular flexibility index (Phi) is 3.90. The molecule has 0 aromatic heterocycles. The van der Waals surface area contributed by atoms with Crippen molar-refractivity contribution in [1.82, 2.24) is 10.2 Å². The van der Waals surface area contributed by atoms with E-state index in [1.807, 2.05) is 0 Å². The third-order valence-corrected chi connectivity index (χ3v) is 3.12. The molecule has 0 aliphatic carbocycles. The number of amides is 2. The lowest BCUT2D eigenvalue weighted by molar-refractivity contribution is -0.142. The molecule has 18 heavy (non-hydrogen) atoms. The summed E-state index contributed by atoms with van der Waals surface area (Å²) >= 11 is 0. The van der Waals surface area contributed by atoms with Gasteiger partial charge in [0.2, 0.25) is 0 Å². The van der Waals surface area contributed by atoms with Gasteiger partial charge in [-0.05, 0) is 18.8 Å². The molecule has 2 amide bonds. The summed E-state index contributed by atoms with van der Waals surface area (Å²) in [5, 5.41) is 21.4. The van der Waals surface area contributed by atoms with Crippen molar-refractivity contribution in [1.29, 1.82) is 0 Å². The second kappa shape index (κ2) is 4.76. The average Bonchev–Trinajstić information content (AvgIpc) is 2.52. The number of hydrogen-bond donors (Lipinski definition) is 3. The van der Waals surface area contributed by atoms with E-state index in [0.717, 1.165) is 0 Å². The monoisotopic (exact) mass is 258 g/mol. The molecular formula is C12H22N2O4. The molecule has 0 aromatic rings. The standard InChI is InChI=1S/C12H22N2O4/c1-11(2,3)8(9(15)16)13-10(17)14-6-5-12(4,18)7-14/h8,18H,5-7H2,1-4H3,(H,13,17)(H,15,16)/t8-,12?/m1/s1. The number of urea groups is 1. The van der Waals surface area contributed by atoms with Crippen molar-refractivity contribution in [2.45, 2.75) is 45.8 Å². The molecule has 1 aliphatic rings. The van der Waals surface area contributed by atoms with E-state index in [0.29, 0.717) is 13.0 Å². The Balaban J connectivity index is 2.66. The Labute approximate surface area is 107 Å². The lowest BCUT2D eigenvalue weighted by atomic mass is 9.87. The zero-order chi connectivity index (χ0) is 14.1. The maximum Gasteiger partial charge on any atom is 0.326 e. The fourth-order valence-corrected chi connectivity index (χ4v) is 1.98. The van der Waals surface area contributed by atoms with E-state index in [2.05, 4.69) is 5.32 Å². The molecule has 0 radical (unpaired) electrons. The molecule has 1 saturated heterocycles. The smallest absolute Gasteiger partial charge is 0.326 e. The van der Waals surface area contributed by atoms with Crippen molar-refractivity contribution < 1.29 is 19.8 Å². The topological polar surface area (TPSA) is 89.9 Å². The number of likely N-dealkylation sites (tertiary alicyclic amines) is 1. The maximum absolute atomic E-state index is 11.9. The largest absolute Gasteiger partial charge is 0.480 e. The molecule has 1 heterocycles. The van der Waals surface area contributed by atoms with Crippen LogP contribution in [0.5, 0.6) is 0 Å². The molecule has 2 atom stereocenters. The molecule has 1 fully saturated rings. The van der Waals surface area contributed by atoms with Crippen LogP contribution in [0.2, 0.25) is 0 Å². The van der Waals surface area contributed by atoms with E-state index in [4.69, 9.17) is 5.11 Å². The van der Waals surface area contributed by atoms with Crippen LogP contribution in [0.3, 0.4) is 0 Å². The Hall–Kier alpha value is -1.30. The summed E-state index contributed by atoms with van der Waals surface area (Å²) in [7, 11) is 0. The second-order valence-electron chi connectivity index (χ2n) is 6.26. The number of aliphatic carboxylic acids is 1. The quantitative estimate of drug-likeness (QED) is 0.678. The predicted molar refractivity (Wildman–Crippen MR) is 66.2 cm³/mol. The molecule has 1 aliphatic heterocycles. The number of carbonyl (C=O) groups is 2. The number of rotatable bonds is 2. The van der Waals surface area contributed by atoms with Crippen molar-refractivity contribution in [2.24, 2.45) is 5.41 Å². The third kappa shape index (κ3) is 3.60. The van der Waals surface area contributed by atoms with Crippen molar-refractivity contribution in [3.05, 3.63) is 0 Å². The van der Waals surface area contributed by atoms with Crippen LogP contribution in [0.4, 0.5) is 4.79 Å². The van der Waals surface area contributed by atoms with Crippen LogP contribution >= 0.6 is 0 Å². The number of carboxylic acid groups (broad SMARTS) is 1. The summed E-state index contributed by atoms with van der Waals surface area (Å²) in [5.74, 6) is -1.05. The number of nitrogens with zero attached hydrogens (tertiary/aromatic N) is 1. The number of carbonyl (C=O) groups excluding carboxylic acids is 1. The molecule has 3 N–H and O–H groups in total. The van der Waals surface area contributed by atoms with Gasteiger partial charge in [0.05, 0.1) is 12.1 Å². The zero-order valence-electron chi connectivity index (χ0n) is 11.4. The summed E-state index contributed by atoms with van der Waals surface area (Å²) in [6, 6.07) is -1.38. The fraction of sp³-hybridized carbons (Fsp3) is 0.833. The Morgan fingerprint density at radius 2 is 1.94 bits per heavy atom. The second-order valence-corrected chi connectivity index (χ2v) is 6.26. The zero-order valence-corrected chi connectivity index (χ0v) is 11.4. The molecular weight excluding hydrogens is 236 g/mol. The van der Waals surface area contributed by atoms with Gasteiger partial charge in [0.25, 0.3) is 0 Å². The number of aliphatic hydroxyl groups is 1. The summed E-state index contributed by atoms with van der Waals surface area (Å²) in [6.07, 6.45) is 0.508. The Bertz CT molecular complexity index is 346. The van der Waals surface area contributed by atoms with Crippen molar-refractivity contribution in [2.75, 3.05) is 13.1 Å². The number of β-amino-alcohol motifs (C(OH)–C–C–N with tert-alkyl or cyclic N) is 1. The van der Waals surface area contributed by atoms with E-state index < -0.39 is 29.1 Å². The molecule has 0 spiro atoms. The van der Waals surface area contributed by atoms with Gasteiger partial charge in [-0.2, -0.15) is 0 Å². The van der Waals surface area contributed by atoms with Crippen LogP contribution in [0.1, 0.15) is 34.1 Å². The van der Waals surface area contributed by atoms with Crippen LogP contribution in [0.15, 0.2) is 0 Å². The first kappa shape index (κ1) is 14.8. The van der Waals surface area contributed by atoms with E-state index >= 15 is 0 Å². The summed E-state index contributed by atoms with van der Waals surface area (Å²) in [4.78, 5) is 24.5. The van der Waals surface area contributed by atoms with Gasteiger partial charge in [0.15, 0.2) is 0 Å². The van der Waals surface area contributed by atoms with Gasteiger partial charge >= 0.3 is 12.0 Å². The molecule has 0 bridgehead atoms. The van der Waals surface area contributed by atoms with Gasteiger partial charge in [-0.15, -0.1) is 0 Å². The van der Waals surface area contributed by atoms with Gasteiger partial charge in [-0.1, -0.05) is 20.8 Å². The van der Waals surface area contributed by atoms with Gasteiger partial charge in [-0.3, -0.25) is 0 Å². The van der Waals surface area contributed by atoms with Crippen LogP contribution in [0, 0.1) is 5.41 Å². The van der Waals surface area contributed by atoms with E-state index in [9.17, 15) is 14.7 Å². The molecule has 0 saturated carbocycles. The number of nitrogens with one attached hydrogen (secondary N) is 1. The minimum atomic E-state index is -1.05. The molecule has 6 nitrogen and oxygen atoms in total. The van der Waals surface area contributed by atoms with Crippen molar-refractivity contribution >= 4 is 12.0 Å². The van der Waals surface area contributed by atoms with Gasteiger partial charge in [0.1, 0.15) is 6.04 Å². The summed E-state index contributed by atoms with van der Waals surface area (Å²) in [6.45, 7) is 7.61. The third-order valence-electron chi connectivity index (χ3n) is 3.12. The highest BCUT2D eigenvalue weighted by molar-refractivity contribution is 5.83.